The van der Waals surface area contributed by atoms with Crippen molar-refractivity contribution in [3.05, 3.63) is 206 Å². The van der Waals surface area contributed by atoms with Crippen molar-refractivity contribution >= 4 is 56.9 Å². The molecule has 0 radical (unpaired) electrons. The van der Waals surface area contributed by atoms with Crippen molar-refractivity contribution in [3.63, 3.8) is 0 Å². The highest BCUT2D eigenvalue weighted by Gasteiger charge is 2.19. The summed E-state index contributed by atoms with van der Waals surface area (Å²) < 4.78 is 4.86. The average Bonchev–Trinajstić information content (AvgIpc) is 3.81. The molecule has 0 aliphatic rings. The quantitative estimate of drug-likeness (QED) is 0.148. The second-order valence-corrected chi connectivity index (χ2v) is 22.0. The molecule has 11 rings (SSSR count). The van der Waals surface area contributed by atoms with Crippen LogP contribution in [0, 0.1) is 0 Å². The summed E-state index contributed by atoms with van der Waals surface area (Å²) in [7, 11) is -1.42. The van der Waals surface area contributed by atoms with Crippen molar-refractivity contribution in [2.45, 2.75) is 19.6 Å². The molecule has 11 aromatic rings. The lowest BCUT2D eigenvalue weighted by Gasteiger charge is -2.17. The summed E-state index contributed by atoms with van der Waals surface area (Å²) in [6, 6.07) is 75.2. The summed E-state index contributed by atoms with van der Waals surface area (Å²) in [4.78, 5) is 5.14. The van der Waals surface area contributed by atoms with Crippen LogP contribution in [0.15, 0.2) is 206 Å². The molecule has 286 valence electrons. The summed E-state index contributed by atoms with van der Waals surface area (Å²) in [6.45, 7) is 7.23. The predicted molar refractivity (Wildman–Crippen MR) is 258 cm³/mol. The van der Waals surface area contributed by atoms with Gasteiger partial charge in [0.15, 0.2) is 0 Å². The minimum atomic E-state index is -1.42. The predicted octanol–water partition coefficient (Wildman–Crippen LogP) is 14.5. The summed E-state index contributed by atoms with van der Waals surface area (Å²) in [5.74, 6) is 0. The van der Waals surface area contributed by atoms with E-state index in [0.29, 0.717) is 0 Å². The van der Waals surface area contributed by atoms with E-state index in [1.54, 1.807) is 0 Å². The third-order valence-corrected chi connectivity index (χ3v) is 14.1. The highest BCUT2D eigenvalue weighted by atomic mass is 28.3. The van der Waals surface area contributed by atoms with Gasteiger partial charge < -0.3 is 9.13 Å². The molecule has 3 heterocycles. The maximum atomic E-state index is 5.14. The lowest BCUT2D eigenvalue weighted by molar-refractivity contribution is 1.18. The topological polar surface area (TPSA) is 22.8 Å². The molecule has 0 bridgehead atoms. The lowest BCUT2D eigenvalue weighted by Crippen LogP contribution is -2.37. The van der Waals surface area contributed by atoms with Crippen LogP contribution in [0.3, 0.4) is 0 Å². The van der Waals surface area contributed by atoms with Crippen LogP contribution in [-0.4, -0.2) is 22.2 Å². The number of fused-ring (bicyclic) bond motifs is 6. The van der Waals surface area contributed by atoms with Gasteiger partial charge in [0.1, 0.15) is 0 Å². The SMILES string of the molecule is C[Si](C)(C)c1ccc(-n2c3ccccc3c3ccc(-c4ccc5c(c4)c4ccccc4n5-c4cccc(-c5cc(-c6ccccc6)nc(-c6ccccc6)c5)c4)cc32)cc1. The fourth-order valence-electron chi connectivity index (χ4n) is 9.00. The van der Waals surface area contributed by atoms with Crippen molar-refractivity contribution in [2.24, 2.45) is 0 Å². The molecule has 0 amide bonds. The maximum absolute atomic E-state index is 5.14. The van der Waals surface area contributed by atoms with Crippen molar-refractivity contribution < 1.29 is 0 Å². The molecule has 0 atom stereocenters. The van der Waals surface area contributed by atoms with Crippen LogP contribution >= 0.6 is 0 Å². The highest BCUT2D eigenvalue weighted by molar-refractivity contribution is 6.88. The summed E-state index contributed by atoms with van der Waals surface area (Å²) in [5, 5.41) is 6.48. The number of para-hydroxylation sites is 2. The molecule has 0 spiro atoms. The molecular weight excluding hydrogens is 743 g/mol. The van der Waals surface area contributed by atoms with E-state index in [-0.39, 0.29) is 0 Å². The van der Waals surface area contributed by atoms with E-state index < -0.39 is 8.07 Å². The average molecular weight is 786 g/mol. The number of pyridine rings is 1. The molecule has 0 unspecified atom stereocenters. The van der Waals surface area contributed by atoms with E-state index in [4.69, 9.17) is 4.98 Å². The standard InChI is InChI=1S/C56H43N3Si/c1-60(2,3)46-29-27-44(28-30-46)58-53-23-12-10-21-47(53)49-31-25-42(37-56(49)58)41-26-32-55-50(34-41)48-22-11-13-24-54(48)59(55)45-20-14-19-40(33-45)43-35-51(38-15-6-4-7-16-38)57-52(36-43)39-17-8-5-9-18-39/h4-37H,1-3H3. The Morgan fingerprint density at radius 2 is 0.817 bits per heavy atom. The first kappa shape index (κ1) is 35.9. The molecule has 3 nitrogen and oxygen atoms in total. The van der Waals surface area contributed by atoms with E-state index in [2.05, 4.69) is 235 Å². The van der Waals surface area contributed by atoms with Crippen LogP contribution in [0.4, 0.5) is 0 Å². The van der Waals surface area contributed by atoms with Crippen molar-refractivity contribution in [2.75, 3.05) is 0 Å². The van der Waals surface area contributed by atoms with Gasteiger partial charge in [0.2, 0.25) is 0 Å². The van der Waals surface area contributed by atoms with E-state index in [1.165, 1.54) is 65.6 Å². The fourth-order valence-corrected chi connectivity index (χ4v) is 10.2. The molecule has 8 aromatic carbocycles. The van der Waals surface area contributed by atoms with Crippen LogP contribution in [0.2, 0.25) is 19.6 Å². The maximum Gasteiger partial charge on any atom is 0.0775 e. The molecule has 3 aromatic heterocycles. The Labute approximate surface area is 351 Å². The Hall–Kier alpha value is -7.27. The zero-order valence-electron chi connectivity index (χ0n) is 34.0. The van der Waals surface area contributed by atoms with Gasteiger partial charge >= 0.3 is 0 Å². The van der Waals surface area contributed by atoms with Crippen LogP contribution in [-0.2, 0) is 0 Å². The second-order valence-electron chi connectivity index (χ2n) is 16.9. The Morgan fingerprint density at radius 1 is 0.317 bits per heavy atom. The van der Waals surface area contributed by atoms with E-state index in [9.17, 15) is 0 Å². The molecule has 0 saturated carbocycles. The summed E-state index contributed by atoms with van der Waals surface area (Å²) in [5.41, 5.74) is 15.9. The normalized spacial score (nSPS) is 11.9. The molecule has 0 aliphatic heterocycles. The Morgan fingerprint density at radius 3 is 1.47 bits per heavy atom. The molecule has 4 heteroatoms. The van der Waals surface area contributed by atoms with Crippen molar-refractivity contribution in [1.29, 1.82) is 0 Å². The zero-order valence-corrected chi connectivity index (χ0v) is 35.0. The minimum absolute atomic E-state index is 0.959. The van der Waals surface area contributed by atoms with Gasteiger partial charge in [-0.3, -0.25) is 0 Å². The number of benzene rings is 8. The van der Waals surface area contributed by atoms with Gasteiger partial charge in [-0.15, -0.1) is 0 Å². The number of nitrogens with zero attached hydrogens (tertiary/aromatic N) is 3. The summed E-state index contributed by atoms with van der Waals surface area (Å²) >= 11 is 0. The lowest BCUT2D eigenvalue weighted by atomic mass is 9.99. The third kappa shape index (κ3) is 6.16. The number of hydrogen-bond acceptors (Lipinski definition) is 1. The number of aromatic nitrogens is 3. The third-order valence-electron chi connectivity index (χ3n) is 12.1. The van der Waals surface area contributed by atoms with Crippen molar-refractivity contribution in [1.82, 2.24) is 14.1 Å². The van der Waals surface area contributed by atoms with Crippen LogP contribution in [0.5, 0.6) is 0 Å². The fraction of sp³-hybridized carbons (Fsp3) is 0.0536. The van der Waals surface area contributed by atoms with Gasteiger partial charge in [-0.2, -0.15) is 0 Å². The first-order valence-electron chi connectivity index (χ1n) is 20.8. The molecule has 0 N–H and O–H groups in total. The van der Waals surface area contributed by atoms with Gasteiger partial charge in [0.05, 0.1) is 41.5 Å². The molecule has 60 heavy (non-hydrogen) atoms. The molecule has 0 aliphatic carbocycles. The van der Waals surface area contributed by atoms with Gasteiger partial charge in [0, 0.05) is 44.0 Å². The van der Waals surface area contributed by atoms with Gasteiger partial charge in [0.25, 0.3) is 0 Å². The Balaban J connectivity index is 1.04. The molecule has 0 saturated heterocycles. The molecule has 0 fully saturated rings. The van der Waals surface area contributed by atoms with Crippen LogP contribution in [0.25, 0.3) is 99.8 Å². The van der Waals surface area contributed by atoms with Gasteiger partial charge in [-0.1, -0.05) is 164 Å². The Kier molecular flexibility index (Phi) is 8.50. The summed E-state index contributed by atoms with van der Waals surface area (Å²) in [6.07, 6.45) is 0. The highest BCUT2D eigenvalue weighted by Crippen LogP contribution is 2.39. The zero-order chi connectivity index (χ0) is 40.4. The van der Waals surface area contributed by atoms with E-state index in [1.807, 2.05) is 0 Å². The van der Waals surface area contributed by atoms with Crippen molar-refractivity contribution in [3.8, 4) is 56.1 Å². The first-order chi connectivity index (χ1) is 29.4. The Bertz CT molecular complexity index is 3330. The van der Waals surface area contributed by atoms with Gasteiger partial charge in [-0.25, -0.2) is 4.98 Å². The molecular formula is C56H43N3Si. The van der Waals surface area contributed by atoms with Crippen LogP contribution < -0.4 is 5.19 Å². The van der Waals surface area contributed by atoms with Gasteiger partial charge in [-0.05, 0) is 89.0 Å². The van der Waals surface area contributed by atoms with E-state index >= 15 is 0 Å². The van der Waals surface area contributed by atoms with Crippen LogP contribution in [0.1, 0.15) is 0 Å². The monoisotopic (exact) mass is 785 g/mol. The smallest absolute Gasteiger partial charge is 0.0775 e. The van der Waals surface area contributed by atoms with E-state index in [0.717, 1.165) is 39.3 Å². The number of rotatable bonds is 7. The largest absolute Gasteiger partial charge is 0.309 e. The number of hydrogen-bond donors (Lipinski definition) is 0. The first-order valence-corrected chi connectivity index (χ1v) is 24.3. The second kappa shape index (κ2) is 14.2. The minimum Gasteiger partial charge on any atom is -0.309 e.